The maximum absolute atomic E-state index is 8.43. The van der Waals surface area contributed by atoms with Gasteiger partial charge >= 0.3 is 0 Å². The first kappa shape index (κ1) is 20.8. The molecule has 1 saturated heterocycles. The van der Waals surface area contributed by atoms with Crippen LogP contribution in [0.4, 0.5) is 0 Å². The standard InChI is InChI=1S/C8H14N2.3C2H6/c1-7(2-4-9)8-3-5-10-6-8;3*1-2/h7-8,10H,2-3,5-6H2,1H3;3*1-2H3. The van der Waals surface area contributed by atoms with Crippen LogP contribution in [0.1, 0.15) is 61.3 Å². The minimum Gasteiger partial charge on any atom is -0.316 e. The molecule has 0 saturated carbocycles. The van der Waals surface area contributed by atoms with Gasteiger partial charge in [-0.05, 0) is 31.3 Å². The Labute approximate surface area is 103 Å². The van der Waals surface area contributed by atoms with Crippen molar-refractivity contribution in [1.82, 2.24) is 5.32 Å². The second-order valence-corrected chi connectivity index (χ2v) is 3.09. The molecule has 1 heterocycles. The summed E-state index contributed by atoms with van der Waals surface area (Å²) in [5.74, 6) is 1.33. The van der Waals surface area contributed by atoms with E-state index in [1.807, 2.05) is 41.5 Å². The van der Waals surface area contributed by atoms with Crippen LogP contribution in [-0.4, -0.2) is 13.1 Å². The highest BCUT2D eigenvalue weighted by molar-refractivity contribution is 4.82. The predicted molar refractivity (Wildman–Crippen MR) is 74.4 cm³/mol. The summed E-state index contributed by atoms with van der Waals surface area (Å²) in [7, 11) is 0. The van der Waals surface area contributed by atoms with Crippen molar-refractivity contribution in [2.45, 2.75) is 61.3 Å². The third-order valence-corrected chi connectivity index (χ3v) is 2.32. The van der Waals surface area contributed by atoms with E-state index in [0.717, 1.165) is 19.0 Å². The Bertz CT molecular complexity index is 132. The molecule has 0 radical (unpaired) electrons. The van der Waals surface area contributed by atoms with Gasteiger partial charge in [-0.25, -0.2) is 0 Å². The zero-order valence-corrected chi connectivity index (χ0v) is 12.4. The van der Waals surface area contributed by atoms with Gasteiger partial charge in [0, 0.05) is 6.42 Å². The number of hydrogen-bond donors (Lipinski definition) is 1. The average Bonchev–Trinajstić information content (AvgIpc) is 2.91. The fourth-order valence-electron chi connectivity index (χ4n) is 1.47. The van der Waals surface area contributed by atoms with Crippen LogP contribution >= 0.6 is 0 Å². The second kappa shape index (κ2) is 19.9. The molecular formula is C14H32N2. The lowest BCUT2D eigenvalue weighted by Crippen LogP contribution is -2.14. The Hall–Kier alpha value is -0.550. The molecular weight excluding hydrogens is 196 g/mol. The molecule has 1 fully saturated rings. The highest BCUT2D eigenvalue weighted by atomic mass is 14.9. The molecule has 2 atom stereocenters. The van der Waals surface area contributed by atoms with Gasteiger partial charge in [-0.1, -0.05) is 48.5 Å². The molecule has 1 aliphatic rings. The van der Waals surface area contributed by atoms with Crippen LogP contribution in [0.3, 0.4) is 0 Å². The first-order chi connectivity index (χ1) is 7.84. The van der Waals surface area contributed by atoms with Crippen molar-refractivity contribution in [3.8, 4) is 6.07 Å². The molecule has 2 nitrogen and oxygen atoms in total. The van der Waals surface area contributed by atoms with E-state index in [0.29, 0.717) is 12.3 Å². The topological polar surface area (TPSA) is 35.8 Å². The van der Waals surface area contributed by atoms with Gasteiger partial charge < -0.3 is 5.32 Å². The van der Waals surface area contributed by atoms with Crippen molar-refractivity contribution in [3.05, 3.63) is 0 Å². The van der Waals surface area contributed by atoms with E-state index >= 15 is 0 Å². The van der Waals surface area contributed by atoms with Gasteiger partial charge in [0.05, 0.1) is 6.07 Å². The number of nitrogens with one attached hydrogen (secondary N) is 1. The summed E-state index contributed by atoms with van der Waals surface area (Å²) in [6, 6.07) is 2.22. The molecule has 1 N–H and O–H groups in total. The molecule has 98 valence electrons. The van der Waals surface area contributed by atoms with Crippen molar-refractivity contribution >= 4 is 0 Å². The van der Waals surface area contributed by atoms with Gasteiger partial charge in [-0.3, -0.25) is 0 Å². The molecule has 0 aromatic heterocycles. The van der Waals surface area contributed by atoms with E-state index in [2.05, 4.69) is 18.3 Å². The molecule has 2 unspecified atom stereocenters. The summed E-state index contributed by atoms with van der Waals surface area (Å²) >= 11 is 0. The molecule has 0 aromatic carbocycles. The quantitative estimate of drug-likeness (QED) is 0.768. The predicted octanol–water partition coefficient (Wildman–Crippen LogP) is 4.22. The van der Waals surface area contributed by atoms with Crippen LogP contribution in [-0.2, 0) is 0 Å². The van der Waals surface area contributed by atoms with Gasteiger partial charge in [0.1, 0.15) is 0 Å². The maximum atomic E-state index is 8.43. The van der Waals surface area contributed by atoms with Crippen LogP contribution in [0.2, 0.25) is 0 Å². The molecule has 2 heteroatoms. The van der Waals surface area contributed by atoms with Crippen LogP contribution in [0.15, 0.2) is 0 Å². The van der Waals surface area contributed by atoms with Crippen LogP contribution < -0.4 is 5.32 Å². The first-order valence-electron chi connectivity index (χ1n) is 6.92. The molecule has 0 bridgehead atoms. The lowest BCUT2D eigenvalue weighted by molar-refractivity contribution is 0.394. The summed E-state index contributed by atoms with van der Waals surface area (Å²) in [6.07, 6.45) is 1.97. The van der Waals surface area contributed by atoms with E-state index in [9.17, 15) is 0 Å². The zero-order valence-electron chi connectivity index (χ0n) is 12.4. The number of nitriles is 1. The minimum atomic E-state index is 0.583. The smallest absolute Gasteiger partial charge is 0.0624 e. The molecule has 1 rings (SSSR count). The minimum absolute atomic E-state index is 0.583. The van der Waals surface area contributed by atoms with Crippen LogP contribution in [0, 0.1) is 23.2 Å². The summed E-state index contributed by atoms with van der Waals surface area (Å²) in [5.41, 5.74) is 0. The van der Waals surface area contributed by atoms with Gasteiger partial charge in [0.15, 0.2) is 0 Å². The highest BCUT2D eigenvalue weighted by Gasteiger charge is 2.20. The average molecular weight is 228 g/mol. The van der Waals surface area contributed by atoms with Crippen LogP contribution in [0.25, 0.3) is 0 Å². The first-order valence-corrected chi connectivity index (χ1v) is 6.92. The van der Waals surface area contributed by atoms with Gasteiger partial charge in [0.2, 0.25) is 0 Å². The SMILES string of the molecule is CC.CC.CC.CC(CC#N)C1CCNC1. The Kier molecular flexibility index (Phi) is 25.9. The normalized spacial score (nSPS) is 18.5. The zero-order chi connectivity index (χ0) is 13.4. The van der Waals surface area contributed by atoms with E-state index in [4.69, 9.17) is 5.26 Å². The summed E-state index contributed by atoms with van der Waals surface area (Å²) in [4.78, 5) is 0. The van der Waals surface area contributed by atoms with Crippen molar-refractivity contribution in [2.75, 3.05) is 13.1 Å². The van der Waals surface area contributed by atoms with E-state index in [1.165, 1.54) is 6.42 Å². The molecule has 16 heavy (non-hydrogen) atoms. The summed E-state index contributed by atoms with van der Waals surface area (Å²) < 4.78 is 0. The lowest BCUT2D eigenvalue weighted by Gasteiger charge is -2.13. The second-order valence-electron chi connectivity index (χ2n) is 3.09. The van der Waals surface area contributed by atoms with E-state index in [1.54, 1.807) is 0 Å². The number of rotatable bonds is 2. The molecule has 0 spiro atoms. The summed E-state index contributed by atoms with van der Waals surface area (Å²) in [6.45, 7) is 16.4. The van der Waals surface area contributed by atoms with Gasteiger partial charge in [0.25, 0.3) is 0 Å². The Balaban J connectivity index is -0.000000245. The van der Waals surface area contributed by atoms with E-state index in [-0.39, 0.29) is 0 Å². The molecule has 0 amide bonds. The van der Waals surface area contributed by atoms with Crippen LogP contribution in [0.5, 0.6) is 0 Å². The van der Waals surface area contributed by atoms with Crippen molar-refractivity contribution in [2.24, 2.45) is 11.8 Å². The van der Waals surface area contributed by atoms with Gasteiger partial charge in [-0.15, -0.1) is 0 Å². The monoisotopic (exact) mass is 228 g/mol. The van der Waals surface area contributed by atoms with Crippen molar-refractivity contribution in [3.63, 3.8) is 0 Å². The van der Waals surface area contributed by atoms with E-state index < -0.39 is 0 Å². The molecule has 0 aromatic rings. The maximum Gasteiger partial charge on any atom is 0.0624 e. The number of hydrogen-bond acceptors (Lipinski definition) is 2. The molecule has 1 aliphatic heterocycles. The Morgan fingerprint density at radius 3 is 2.00 bits per heavy atom. The molecule has 0 aliphatic carbocycles. The fourth-order valence-corrected chi connectivity index (χ4v) is 1.47. The lowest BCUT2D eigenvalue weighted by atomic mass is 9.91. The number of nitrogens with zero attached hydrogens (tertiary/aromatic N) is 1. The highest BCUT2D eigenvalue weighted by Crippen LogP contribution is 2.20. The Morgan fingerprint density at radius 2 is 1.69 bits per heavy atom. The van der Waals surface area contributed by atoms with Gasteiger partial charge in [-0.2, -0.15) is 5.26 Å². The third-order valence-electron chi connectivity index (χ3n) is 2.32. The third kappa shape index (κ3) is 11.5. The van der Waals surface area contributed by atoms with Crippen molar-refractivity contribution < 1.29 is 0 Å². The largest absolute Gasteiger partial charge is 0.316 e. The Morgan fingerprint density at radius 1 is 1.19 bits per heavy atom. The summed E-state index contributed by atoms with van der Waals surface area (Å²) in [5, 5.41) is 11.7. The fraction of sp³-hybridized carbons (Fsp3) is 0.929. The van der Waals surface area contributed by atoms with Crippen molar-refractivity contribution in [1.29, 1.82) is 5.26 Å².